The molecule has 0 aliphatic rings. The first-order valence-corrected chi connectivity index (χ1v) is 8.10. The van der Waals surface area contributed by atoms with Gasteiger partial charge >= 0.3 is 0 Å². The number of ether oxygens (including phenoxy) is 1. The van der Waals surface area contributed by atoms with Gasteiger partial charge in [-0.3, -0.25) is 4.90 Å². The maximum Gasteiger partial charge on any atom is 0.119 e. The molecule has 1 unspecified atom stereocenters. The fourth-order valence-electron chi connectivity index (χ4n) is 2.61. The molecule has 0 heterocycles. The van der Waals surface area contributed by atoms with E-state index in [9.17, 15) is 5.11 Å². The Morgan fingerprint density at radius 1 is 1.05 bits per heavy atom. The highest BCUT2D eigenvalue weighted by molar-refractivity contribution is 5.83. The lowest BCUT2D eigenvalue weighted by atomic mass is 10.1. The predicted octanol–water partition coefficient (Wildman–Crippen LogP) is 3.70. The first-order valence-electron chi connectivity index (χ1n) is 8.10. The highest BCUT2D eigenvalue weighted by Crippen LogP contribution is 2.20. The molecule has 3 heteroatoms. The van der Waals surface area contributed by atoms with Crippen LogP contribution in [0.3, 0.4) is 0 Å². The largest absolute Gasteiger partial charge is 0.494 e. The number of benzene rings is 2. The summed E-state index contributed by atoms with van der Waals surface area (Å²) in [5, 5.41) is 12.0. The number of rotatable bonds is 8. The lowest BCUT2D eigenvalue weighted by Gasteiger charge is -2.27. The van der Waals surface area contributed by atoms with Gasteiger partial charge in [-0.1, -0.05) is 30.3 Å². The Morgan fingerprint density at radius 3 is 2.45 bits per heavy atom. The Morgan fingerprint density at radius 2 is 1.77 bits per heavy atom. The Kier molecular flexibility index (Phi) is 6.22. The first-order chi connectivity index (χ1) is 10.6. The minimum absolute atomic E-state index is 0.288. The zero-order chi connectivity index (χ0) is 15.9. The molecule has 0 saturated carbocycles. The molecule has 2 rings (SSSR count). The van der Waals surface area contributed by atoms with Gasteiger partial charge in [0, 0.05) is 19.1 Å². The fourth-order valence-corrected chi connectivity index (χ4v) is 2.61. The molecule has 1 atom stereocenters. The van der Waals surface area contributed by atoms with Crippen molar-refractivity contribution in [2.24, 2.45) is 0 Å². The van der Waals surface area contributed by atoms with Crippen LogP contribution >= 0.6 is 0 Å². The van der Waals surface area contributed by atoms with Crippen LogP contribution < -0.4 is 4.74 Å². The number of nitrogens with zero attached hydrogens (tertiary/aromatic N) is 1. The molecule has 120 valence electrons. The SMILES string of the molecule is CC(O)CN(CCCOc1ccc2ccccc2c1)C(C)C. The summed E-state index contributed by atoms with van der Waals surface area (Å²) in [5.41, 5.74) is 0. The second kappa shape index (κ2) is 8.16. The quantitative estimate of drug-likeness (QED) is 0.755. The standard InChI is InChI=1S/C19H27NO2/c1-15(2)20(14-16(3)21)11-6-12-22-19-10-9-17-7-4-5-8-18(17)13-19/h4-5,7-10,13,15-16,21H,6,11-12,14H2,1-3H3. The van der Waals surface area contributed by atoms with Crippen molar-refractivity contribution in [2.45, 2.75) is 39.3 Å². The van der Waals surface area contributed by atoms with Crippen molar-refractivity contribution < 1.29 is 9.84 Å². The minimum Gasteiger partial charge on any atom is -0.494 e. The maximum absolute atomic E-state index is 9.53. The molecule has 0 aliphatic carbocycles. The van der Waals surface area contributed by atoms with Gasteiger partial charge in [0.15, 0.2) is 0 Å². The van der Waals surface area contributed by atoms with Crippen LogP contribution in [0.4, 0.5) is 0 Å². The number of aliphatic hydroxyl groups is 1. The third-order valence-electron chi connectivity index (χ3n) is 3.81. The highest BCUT2D eigenvalue weighted by atomic mass is 16.5. The van der Waals surface area contributed by atoms with E-state index in [1.165, 1.54) is 10.8 Å². The predicted molar refractivity (Wildman–Crippen MR) is 92.4 cm³/mol. The van der Waals surface area contributed by atoms with E-state index in [1.807, 2.05) is 25.1 Å². The summed E-state index contributed by atoms with van der Waals surface area (Å²) < 4.78 is 5.86. The summed E-state index contributed by atoms with van der Waals surface area (Å²) in [6.07, 6.45) is 0.668. The van der Waals surface area contributed by atoms with Crippen LogP contribution in [0.15, 0.2) is 42.5 Å². The molecule has 1 N–H and O–H groups in total. The normalized spacial score (nSPS) is 13.0. The summed E-state index contributed by atoms with van der Waals surface area (Å²) in [5.74, 6) is 0.922. The molecule has 2 aromatic carbocycles. The Labute approximate surface area is 133 Å². The molecule has 22 heavy (non-hydrogen) atoms. The molecule has 3 nitrogen and oxygen atoms in total. The average Bonchev–Trinajstić information content (AvgIpc) is 2.49. The van der Waals surface area contributed by atoms with E-state index in [-0.39, 0.29) is 6.10 Å². The van der Waals surface area contributed by atoms with E-state index < -0.39 is 0 Å². The summed E-state index contributed by atoms with van der Waals surface area (Å²) in [7, 11) is 0. The molecule has 0 saturated heterocycles. The second-order valence-electron chi connectivity index (χ2n) is 6.15. The molecular formula is C19H27NO2. The van der Waals surface area contributed by atoms with Crippen molar-refractivity contribution in [2.75, 3.05) is 19.7 Å². The number of hydrogen-bond acceptors (Lipinski definition) is 3. The lowest BCUT2D eigenvalue weighted by molar-refractivity contribution is 0.103. The molecule has 0 aromatic heterocycles. The van der Waals surface area contributed by atoms with Gasteiger partial charge in [-0.2, -0.15) is 0 Å². The van der Waals surface area contributed by atoms with E-state index in [0.717, 1.165) is 18.7 Å². The topological polar surface area (TPSA) is 32.7 Å². The van der Waals surface area contributed by atoms with Gasteiger partial charge in [0.05, 0.1) is 12.7 Å². The van der Waals surface area contributed by atoms with Gasteiger partial charge in [0.2, 0.25) is 0 Å². The van der Waals surface area contributed by atoms with E-state index >= 15 is 0 Å². The van der Waals surface area contributed by atoms with Crippen LogP contribution in [0.5, 0.6) is 5.75 Å². The molecule has 0 fully saturated rings. The van der Waals surface area contributed by atoms with Crippen molar-refractivity contribution in [3.05, 3.63) is 42.5 Å². The van der Waals surface area contributed by atoms with Crippen molar-refractivity contribution in [3.63, 3.8) is 0 Å². The van der Waals surface area contributed by atoms with Crippen molar-refractivity contribution in [1.82, 2.24) is 4.90 Å². The third-order valence-corrected chi connectivity index (χ3v) is 3.81. The van der Waals surface area contributed by atoms with Gasteiger partial charge < -0.3 is 9.84 Å². The maximum atomic E-state index is 9.53. The molecule has 0 radical (unpaired) electrons. The number of hydrogen-bond donors (Lipinski definition) is 1. The monoisotopic (exact) mass is 301 g/mol. The second-order valence-corrected chi connectivity index (χ2v) is 6.15. The Bertz CT molecular complexity index is 580. The average molecular weight is 301 g/mol. The molecule has 0 spiro atoms. The van der Waals surface area contributed by atoms with Gasteiger partial charge in [-0.25, -0.2) is 0 Å². The van der Waals surface area contributed by atoms with Gasteiger partial charge in [0.1, 0.15) is 5.75 Å². The van der Waals surface area contributed by atoms with Crippen LogP contribution in [-0.2, 0) is 0 Å². The van der Waals surface area contributed by atoms with E-state index in [2.05, 4.69) is 43.0 Å². The van der Waals surface area contributed by atoms with Gasteiger partial charge in [-0.15, -0.1) is 0 Å². The summed E-state index contributed by atoms with van der Waals surface area (Å²) >= 11 is 0. The minimum atomic E-state index is -0.288. The molecule has 2 aromatic rings. The number of fused-ring (bicyclic) bond motifs is 1. The fraction of sp³-hybridized carbons (Fsp3) is 0.474. The highest BCUT2D eigenvalue weighted by Gasteiger charge is 2.11. The van der Waals surface area contributed by atoms with Gasteiger partial charge in [0.25, 0.3) is 0 Å². The van der Waals surface area contributed by atoms with Crippen molar-refractivity contribution in [1.29, 1.82) is 0 Å². The van der Waals surface area contributed by atoms with Crippen LogP contribution in [0.1, 0.15) is 27.2 Å². The molecule has 0 bridgehead atoms. The first kappa shape index (κ1) is 16.8. The Hall–Kier alpha value is -1.58. The van der Waals surface area contributed by atoms with Gasteiger partial charge in [-0.05, 0) is 50.1 Å². The van der Waals surface area contributed by atoms with E-state index in [4.69, 9.17) is 4.74 Å². The van der Waals surface area contributed by atoms with Crippen molar-refractivity contribution in [3.8, 4) is 5.75 Å². The molecule has 0 amide bonds. The zero-order valence-corrected chi connectivity index (χ0v) is 13.8. The summed E-state index contributed by atoms with van der Waals surface area (Å²) in [6, 6.07) is 15.0. The molecule has 0 aliphatic heterocycles. The van der Waals surface area contributed by atoms with E-state index in [1.54, 1.807) is 0 Å². The smallest absolute Gasteiger partial charge is 0.119 e. The lowest BCUT2D eigenvalue weighted by Crippen LogP contribution is -2.37. The molecular weight excluding hydrogens is 274 g/mol. The van der Waals surface area contributed by atoms with Crippen LogP contribution in [0.2, 0.25) is 0 Å². The van der Waals surface area contributed by atoms with Crippen LogP contribution in [0.25, 0.3) is 10.8 Å². The van der Waals surface area contributed by atoms with E-state index in [0.29, 0.717) is 19.2 Å². The summed E-state index contributed by atoms with van der Waals surface area (Å²) in [4.78, 5) is 2.29. The number of aliphatic hydroxyl groups excluding tert-OH is 1. The van der Waals surface area contributed by atoms with Crippen LogP contribution in [-0.4, -0.2) is 41.8 Å². The van der Waals surface area contributed by atoms with Crippen molar-refractivity contribution >= 4 is 10.8 Å². The van der Waals surface area contributed by atoms with Crippen LogP contribution in [0, 0.1) is 0 Å². The third kappa shape index (κ3) is 5.00. The zero-order valence-electron chi connectivity index (χ0n) is 13.8. The Balaban J connectivity index is 1.81. The summed E-state index contributed by atoms with van der Waals surface area (Å²) in [6.45, 7) is 8.51.